The number of carboxylic acid groups (broad SMARTS) is 1. The molecule has 2 aromatic carbocycles. The van der Waals surface area contributed by atoms with Gasteiger partial charge in [-0.2, -0.15) is 0 Å². The Morgan fingerprint density at radius 3 is 2.27 bits per heavy atom. The lowest BCUT2D eigenvalue weighted by molar-refractivity contribution is -0.141. The van der Waals surface area contributed by atoms with Gasteiger partial charge in [-0.3, -0.25) is 9.59 Å². The number of carbonyl (C=O) groups excluding carboxylic acids is 2. The Labute approximate surface area is 175 Å². The van der Waals surface area contributed by atoms with Crippen molar-refractivity contribution >= 4 is 23.9 Å². The molecule has 0 bridgehead atoms. The number of aliphatic carboxylic acids is 1. The van der Waals surface area contributed by atoms with Crippen molar-refractivity contribution in [2.45, 2.75) is 26.3 Å². The highest BCUT2D eigenvalue weighted by Crippen LogP contribution is 2.18. The van der Waals surface area contributed by atoms with Crippen LogP contribution in [0.1, 0.15) is 36.2 Å². The van der Waals surface area contributed by atoms with Crippen LogP contribution in [0.2, 0.25) is 0 Å². The first-order valence-corrected chi connectivity index (χ1v) is 9.56. The molecule has 0 spiro atoms. The highest BCUT2D eigenvalue weighted by molar-refractivity contribution is 6.07. The van der Waals surface area contributed by atoms with Crippen LogP contribution in [0.5, 0.6) is 5.75 Å². The third-order valence-corrected chi connectivity index (χ3v) is 4.27. The molecule has 0 saturated heterocycles. The highest BCUT2D eigenvalue weighted by atomic mass is 16.5. The molecule has 0 aliphatic heterocycles. The molecule has 2 rings (SSSR count). The molecule has 7 heteroatoms. The SMILES string of the molecule is COc1ccccc1C(=O)N/C(=C/c1ccccc1)C(=O)N[C@H](CC(C)C)C(=O)O. The van der Waals surface area contributed by atoms with Crippen LogP contribution in [0.15, 0.2) is 60.3 Å². The standard InChI is InChI=1S/C23H26N2O5/c1-15(2)13-19(23(28)29)25-22(27)18(14-16-9-5-4-6-10-16)24-21(26)17-11-7-8-12-20(17)30-3/h4-12,14-15,19H,13H2,1-3H3,(H,24,26)(H,25,27)(H,28,29)/b18-14+/t19-/m1/s1. The molecule has 0 aliphatic carbocycles. The molecule has 0 unspecified atom stereocenters. The van der Waals surface area contributed by atoms with E-state index in [-0.39, 0.29) is 23.6 Å². The second-order valence-corrected chi connectivity index (χ2v) is 7.12. The summed E-state index contributed by atoms with van der Waals surface area (Å²) in [6.07, 6.45) is 1.76. The van der Waals surface area contributed by atoms with Gasteiger partial charge < -0.3 is 20.5 Å². The molecule has 30 heavy (non-hydrogen) atoms. The van der Waals surface area contributed by atoms with Gasteiger partial charge in [0.1, 0.15) is 17.5 Å². The van der Waals surface area contributed by atoms with Crippen molar-refractivity contribution in [2.75, 3.05) is 7.11 Å². The minimum atomic E-state index is -1.13. The van der Waals surface area contributed by atoms with Crippen LogP contribution in [-0.4, -0.2) is 36.0 Å². The van der Waals surface area contributed by atoms with E-state index in [0.717, 1.165) is 0 Å². The molecule has 0 aliphatic rings. The summed E-state index contributed by atoms with van der Waals surface area (Å²) in [5.74, 6) is -1.93. The molecule has 2 aromatic rings. The van der Waals surface area contributed by atoms with E-state index in [2.05, 4.69) is 10.6 Å². The smallest absolute Gasteiger partial charge is 0.326 e. The fourth-order valence-corrected chi connectivity index (χ4v) is 2.83. The minimum absolute atomic E-state index is 0.0629. The van der Waals surface area contributed by atoms with Gasteiger partial charge in [-0.25, -0.2) is 4.79 Å². The zero-order valence-corrected chi connectivity index (χ0v) is 17.2. The number of ether oxygens (including phenoxy) is 1. The van der Waals surface area contributed by atoms with E-state index >= 15 is 0 Å². The summed E-state index contributed by atoms with van der Waals surface area (Å²) in [6.45, 7) is 3.73. The summed E-state index contributed by atoms with van der Waals surface area (Å²) in [4.78, 5) is 37.2. The van der Waals surface area contributed by atoms with Crippen molar-refractivity contribution < 1.29 is 24.2 Å². The lowest BCUT2D eigenvalue weighted by Gasteiger charge is -2.18. The molecule has 158 valence electrons. The monoisotopic (exact) mass is 410 g/mol. The van der Waals surface area contributed by atoms with Gasteiger partial charge in [-0.05, 0) is 36.1 Å². The van der Waals surface area contributed by atoms with Gasteiger partial charge in [0.25, 0.3) is 11.8 Å². The number of hydrogen-bond donors (Lipinski definition) is 3. The fourth-order valence-electron chi connectivity index (χ4n) is 2.83. The summed E-state index contributed by atoms with van der Waals surface area (Å²) in [5.41, 5.74) is 0.870. The molecule has 3 N–H and O–H groups in total. The lowest BCUT2D eigenvalue weighted by Crippen LogP contribution is -2.45. The normalized spacial score (nSPS) is 12.2. The Kier molecular flexibility index (Phi) is 8.17. The largest absolute Gasteiger partial charge is 0.496 e. The average Bonchev–Trinajstić information content (AvgIpc) is 2.72. The third-order valence-electron chi connectivity index (χ3n) is 4.27. The summed E-state index contributed by atoms with van der Waals surface area (Å²) in [5, 5.41) is 14.5. The van der Waals surface area contributed by atoms with E-state index in [1.807, 2.05) is 19.9 Å². The third kappa shape index (κ3) is 6.48. The average molecular weight is 410 g/mol. The van der Waals surface area contributed by atoms with Gasteiger partial charge in [0, 0.05) is 0 Å². The maximum atomic E-state index is 12.9. The maximum Gasteiger partial charge on any atom is 0.326 e. The van der Waals surface area contributed by atoms with Crippen molar-refractivity contribution in [3.63, 3.8) is 0 Å². The summed E-state index contributed by atoms with van der Waals surface area (Å²) >= 11 is 0. The van der Waals surface area contributed by atoms with Crippen molar-refractivity contribution in [2.24, 2.45) is 5.92 Å². The number of carbonyl (C=O) groups is 3. The van der Waals surface area contributed by atoms with E-state index in [1.54, 1.807) is 48.5 Å². The molecule has 0 fully saturated rings. The number of rotatable bonds is 9. The van der Waals surface area contributed by atoms with Gasteiger partial charge in [0.15, 0.2) is 0 Å². The number of para-hydroxylation sites is 1. The summed E-state index contributed by atoms with van der Waals surface area (Å²) in [6, 6.07) is 14.5. The zero-order valence-electron chi connectivity index (χ0n) is 17.2. The fraction of sp³-hybridized carbons (Fsp3) is 0.261. The van der Waals surface area contributed by atoms with Crippen molar-refractivity contribution in [3.8, 4) is 5.75 Å². The highest BCUT2D eigenvalue weighted by Gasteiger charge is 2.24. The summed E-state index contributed by atoms with van der Waals surface area (Å²) in [7, 11) is 1.45. The van der Waals surface area contributed by atoms with Crippen LogP contribution in [0.4, 0.5) is 0 Å². The first-order chi connectivity index (χ1) is 14.3. The van der Waals surface area contributed by atoms with Crippen LogP contribution in [0.25, 0.3) is 6.08 Å². The molecule has 0 saturated carbocycles. The molecular weight excluding hydrogens is 384 g/mol. The van der Waals surface area contributed by atoms with E-state index in [1.165, 1.54) is 13.2 Å². The molecule has 0 aromatic heterocycles. The predicted molar refractivity (Wildman–Crippen MR) is 114 cm³/mol. The first kappa shape index (κ1) is 22.7. The van der Waals surface area contributed by atoms with Gasteiger partial charge in [0.2, 0.25) is 0 Å². The van der Waals surface area contributed by atoms with Crippen LogP contribution >= 0.6 is 0 Å². The van der Waals surface area contributed by atoms with Gasteiger partial charge in [-0.15, -0.1) is 0 Å². The topological polar surface area (TPSA) is 105 Å². The van der Waals surface area contributed by atoms with Crippen LogP contribution in [0.3, 0.4) is 0 Å². The first-order valence-electron chi connectivity index (χ1n) is 9.56. The van der Waals surface area contributed by atoms with E-state index in [0.29, 0.717) is 11.3 Å². The van der Waals surface area contributed by atoms with Crippen LogP contribution < -0.4 is 15.4 Å². The Morgan fingerprint density at radius 1 is 1.03 bits per heavy atom. The number of benzene rings is 2. The van der Waals surface area contributed by atoms with Gasteiger partial charge >= 0.3 is 5.97 Å². The second-order valence-electron chi connectivity index (χ2n) is 7.12. The second kappa shape index (κ2) is 10.8. The maximum absolute atomic E-state index is 12.9. The number of carboxylic acids is 1. The Morgan fingerprint density at radius 2 is 1.67 bits per heavy atom. The quantitative estimate of drug-likeness (QED) is 0.551. The number of amides is 2. The van der Waals surface area contributed by atoms with Crippen molar-refractivity contribution in [3.05, 3.63) is 71.4 Å². The van der Waals surface area contributed by atoms with Crippen LogP contribution in [0, 0.1) is 5.92 Å². The van der Waals surface area contributed by atoms with Crippen molar-refractivity contribution in [1.82, 2.24) is 10.6 Å². The molecule has 0 heterocycles. The van der Waals surface area contributed by atoms with E-state index < -0.39 is 23.8 Å². The Hall–Kier alpha value is -3.61. The number of methoxy groups -OCH3 is 1. The minimum Gasteiger partial charge on any atom is -0.496 e. The van der Waals surface area contributed by atoms with E-state index in [9.17, 15) is 19.5 Å². The molecular formula is C23H26N2O5. The Balaban J connectivity index is 2.33. The molecule has 1 atom stereocenters. The number of hydrogen-bond acceptors (Lipinski definition) is 4. The summed E-state index contributed by atoms with van der Waals surface area (Å²) < 4.78 is 5.21. The van der Waals surface area contributed by atoms with E-state index in [4.69, 9.17) is 4.74 Å². The number of nitrogens with one attached hydrogen (secondary N) is 2. The van der Waals surface area contributed by atoms with Crippen LogP contribution in [-0.2, 0) is 9.59 Å². The molecule has 7 nitrogen and oxygen atoms in total. The predicted octanol–water partition coefficient (Wildman–Crippen LogP) is 3.08. The molecule has 2 amide bonds. The van der Waals surface area contributed by atoms with Gasteiger partial charge in [0.05, 0.1) is 12.7 Å². The Bertz CT molecular complexity index is 922. The lowest BCUT2D eigenvalue weighted by atomic mass is 10.0. The molecule has 0 radical (unpaired) electrons. The van der Waals surface area contributed by atoms with Crippen molar-refractivity contribution in [1.29, 1.82) is 0 Å². The zero-order chi connectivity index (χ0) is 22.1. The van der Waals surface area contributed by atoms with Gasteiger partial charge in [-0.1, -0.05) is 56.3 Å².